The Balaban J connectivity index is 2.14. The summed E-state index contributed by atoms with van der Waals surface area (Å²) in [4.78, 5) is 0. The fourth-order valence-electron chi connectivity index (χ4n) is 1.67. The van der Waals surface area contributed by atoms with Crippen LogP contribution in [0.4, 0.5) is 4.39 Å². The van der Waals surface area contributed by atoms with Crippen LogP contribution in [0.25, 0.3) is 11.4 Å². The largest absolute Gasteiger partial charge is 0.384 e. The molecule has 2 aromatic rings. The molecule has 1 atom stereocenters. The van der Waals surface area contributed by atoms with Gasteiger partial charge < -0.3 is 5.73 Å². The number of fused-ring (bicyclic) bond motifs is 1. The van der Waals surface area contributed by atoms with Crippen molar-refractivity contribution < 1.29 is 4.39 Å². The number of benzene rings is 1. The second-order valence-corrected chi connectivity index (χ2v) is 4.82. The molecule has 6 nitrogen and oxygen atoms in total. The average molecular weight is 274 g/mol. The SMILES string of the molecule is N#CC1Sc2nnc(-c3ccccc3F)n2N=C1N. The summed E-state index contributed by atoms with van der Waals surface area (Å²) in [5.41, 5.74) is 5.97. The standard InChI is InChI=1S/C11H7FN6S/c12-7-4-2-1-3-6(7)10-15-16-11-18(10)17-9(14)8(5-13)19-11/h1-4,8H,(H2,14,17). The van der Waals surface area contributed by atoms with Gasteiger partial charge in [-0.1, -0.05) is 23.9 Å². The summed E-state index contributed by atoms with van der Waals surface area (Å²) in [7, 11) is 0. The molecule has 0 saturated carbocycles. The Kier molecular flexibility index (Phi) is 2.68. The summed E-state index contributed by atoms with van der Waals surface area (Å²) in [5, 5.41) is 20.6. The third-order valence-electron chi connectivity index (χ3n) is 2.55. The van der Waals surface area contributed by atoms with Crippen LogP contribution in [0.1, 0.15) is 0 Å². The number of hydrogen-bond acceptors (Lipinski definition) is 6. The third kappa shape index (κ3) is 1.84. The molecule has 94 valence electrons. The lowest BCUT2D eigenvalue weighted by atomic mass is 10.2. The van der Waals surface area contributed by atoms with Crippen LogP contribution in [-0.4, -0.2) is 26.0 Å². The highest BCUT2D eigenvalue weighted by atomic mass is 32.2. The molecule has 1 aromatic heterocycles. The van der Waals surface area contributed by atoms with Gasteiger partial charge >= 0.3 is 0 Å². The zero-order valence-electron chi connectivity index (χ0n) is 9.49. The van der Waals surface area contributed by atoms with Crippen LogP contribution >= 0.6 is 11.8 Å². The summed E-state index contributed by atoms with van der Waals surface area (Å²) < 4.78 is 15.1. The van der Waals surface area contributed by atoms with Crippen molar-refractivity contribution in [3.05, 3.63) is 30.1 Å². The van der Waals surface area contributed by atoms with Crippen molar-refractivity contribution in [2.45, 2.75) is 10.4 Å². The van der Waals surface area contributed by atoms with Crippen molar-refractivity contribution in [2.24, 2.45) is 10.8 Å². The van der Waals surface area contributed by atoms with Crippen LogP contribution in [0.3, 0.4) is 0 Å². The molecule has 0 aliphatic carbocycles. The highest BCUT2D eigenvalue weighted by molar-refractivity contribution is 8.00. The van der Waals surface area contributed by atoms with Crippen LogP contribution in [0, 0.1) is 17.1 Å². The molecule has 0 saturated heterocycles. The number of amidine groups is 1. The van der Waals surface area contributed by atoms with Crippen molar-refractivity contribution >= 4 is 17.6 Å². The summed E-state index contributed by atoms with van der Waals surface area (Å²) >= 11 is 1.14. The molecule has 3 rings (SSSR count). The highest BCUT2D eigenvalue weighted by Gasteiger charge is 2.27. The number of nitrogens with two attached hydrogens (primary N) is 1. The molecule has 0 bridgehead atoms. The summed E-state index contributed by atoms with van der Waals surface area (Å²) in [6, 6.07) is 8.20. The van der Waals surface area contributed by atoms with E-state index in [1.54, 1.807) is 18.2 Å². The molecule has 1 aliphatic rings. The van der Waals surface area contributed by atoms with Crippen LogP contribution in [0.5, 0.6) is 0 Å². The van der Waals surface area contributed by atoms with E-state index < -0.39 is 11.1 Å². The van der Waals surface area contributed by atoms with Gasteiger partial charge in [-0.3, -0.25) is 0 Å². The van der Waals surface area contributed by atoms with E-state index in [1.165, 1.54) is 10.7 Å². The van der Waals surface area contributed by atoms with E-state index in [0.717, 1.165) is 11.8 Å². The third-order valence-corrected chi connectivity index (χ3v) is 3.60. The Bertz CT molecular complexity index is 716. The Labute approximate surface area is 111 Å². The maximum atomic E-state index is 13.7. The topological polar surface area (TPSA) is 92.9 Å². The summed E-state index contributed by atoms with van der Waals surface area (Å²) in [6.07, 6.45) is 0. The molecule has 2 N–H and O–H groups in total. The number of nitrogens with zero attached hydrogens (tertiary/aromatic N) is 5. The first-order valence-corrected chi connectivity index (χ1v) is 6.19. The minimum Gasteiger partial charge on any atom is -0.384 e. The van der Waals surface area contributed by atoms with Gasteiger partial charge in [0.15, 0.2) is 11.1 Å². The molecule has 0 fully saturated rings. The number of nitriles is 1. The van der Waals surface area contributed by atoms with Crippen LogP contribution in [-0.2, 0) is 0 Å². The van der Waals surface area contributed by atoms with Gasteiger partial charge in [0.1, 0.15) is 11.7 Å². The van der Waals surface area contributed by atoms with Gasteiger partial charge in [-0.15, -0.1) is 15.3 Å². The zero-order valence-corrected chi connectivity index (χ0v) is 10.3. The molecule has 0 amide bonds. The van der Waals surface area contributed by atoms with E-state index in [9.17, 15) is 4.39 Å². The maximum Gasteiger partial charge on any atom is 0.214 e. The van der Waals surface area contributed by atoms with Crippen molar-refractivity contribution in [1.29, 1.82) is 5.26 Å². The maximum absolute atomic E-state index is 13.7. The van der Waals surface area contributed by atoms with Gasteiger partial charge in [0.2, 0.25) is 5.16 Å². The predicted molar refractivity (Wildman–Crippen MR) is 67.7 cm³/mol. The van der Waals surface area contributed by atoms with E-state index in [0.29, 0.717) is 5.16 Å². The molecule has 19 heavy (non-hydrogen) atoms. The second kappa shape index (κ2) is 4.37. The lowest BCUT2D eigenvalue weighted by molar-refractivity contribution is 0.627. The van der Waals surface area contributed by atoms with E-state index in [2.05, 4.69) is 15.3 Å². The fourth-order valence-corrected chi connectivity index (χ4v) is 2.41. The first-order chi connectivity index (χ1) is 9.20. The van der Waals surface area contributed by atoms with Crippen molar-refractivity contribution in [3.8, 4) is 17.5 Å². The van der Waals surface area contributed by atoms with Gasteiger partial charge in [0.05, 0.1) is 11.6 Å². The van der Waals surface area contributed by atoms with Crippen molar-refractivity contribution in [3.63, 3.8) is 0 Å². The van der Waals surface area contributed by atoms with Gasteiger partial charge in [-0.05, 0) is 12.1 Å². The molecule has 1 aromatic carbocycles. The Morgan fingerprint density at radius 1 is 1.37 bits per heavy atom. The number of rotatable bonds is 1. The van der Waals surface area contributed by atoms with Gasteiger partial charge in [0.25, 0.3) is 0 Å². The molecule has 1 aliphatic heterocycles. The van der Waals surface area contributed by atoms with Crippen molar-refractivity contribution in [1.82, 2.24) is 14.9 Å². The average Bonchev–Trinajstić information content (AvgIpc) is 2.81. The Morgan fingerprint density at radius 3 is 2.89 bits per heavy atom. The van der Waals surface area contributed by atoms with E-state index in [-0.39, 0.29) is 17.2 Å². The second-order valence-electron chi connectivity index (χ2n) is 3.75. The monoisotopic (exact) mass is 274 g/mol. The number of hydrogen-bond donors (Lipinski definition) is 1. The number of halogens is 1. The van der Waals surface area contributed by atoms with E-state index in [1.807, 2.05) is 6.07 Å². The molecule has 0 radical (unpaired) electrons. The molecular formula is C11H7FN6S. The number of aromatic nitrogens is 3. The molecule has 1 unspecified atom stereocenters. The first kappa shape index (κ1) is 11.7. The fraction of sp³-hybridized carbons (Fsp3) is 0.0909. The quantitative estimate of drug-likeness (QED) is 0.843. The van der Waals surface area contributed by atoms with Crippen molar-refractivity contribution in [2.75, 3.05) is 0 Å². The lowest BCUT2D eigenvalue weighted by Gasteiger charge is -2.14. The lowest BCUT2D eigenvalue weighted by Crippen LogP contribution is -2.29. The van der Waals surface area contributed by atoms with Gasteiger partial charge in [-0.25, -0.2) is 4.39 Å². The minimum absolute atomic E-state index is 0.150. The molecule has 2 heterocycles. The zero-order chi connectivity index (χ0) is 13.4. The van der Waals surface area contributed by atoms with Gasteiger partial charge in [0, 0.05) is 0 Å². The molecule has 0 spiro atoms. The van der Waals surface area contributed by atoms with Crippen LogP contribution in [0.2, 0.25) is 0 Å². The molecule has 8 heteroatoms. The van der Waals surface area contributed by atoms with Crippen LogP contribution in [0.15, 0.2) is 34.5 Å². The van der Waals surface area contributed by atoms with E-state index in [4.69, 9.17) is 11.0 Å². The minimum atomic E-state index is -0.592. The van der Waals surface area contributed by atoms with Crippen LogP contribution < -0.4 is 5.73 Å². The normalized spacial score (nSPS) is 17.5. The van der Waals surface area contributed by atoms with E-state index >= 15 is 0 Å². The highest BCUT2D eigenvalue weighted by Crippen LogP contribution is 2.30. The first-order valence-electron chi connectivity index (χ1n) is 5.31. The molecular weight excluding hydrogens is 267 g/mol. The number of thioether (sulfide) groups is 1. The summed E-state index contributed by atoms with van der Waals surface area (Å²) in [5.74, 6) is -0.00351. The predicted octanol–water partition coefficient (Wildman–Crippen LogP) is 1.20. The smallest absolute Gasteiger partial charge is 0.214 e. The van der Waals surface area contributed by atoms with Gasteiger partial charge in [-0.2, -0.15) is 9.94 Å². The Morgan fingerprint density at radius 2 is 2.16 bits per heavy atom. The Hall–Kier alpha value is -2.40. The summed E-state index contributed by atoms with van der Waals surface area (Å²) in [6.45, 7) is 0.